The van der Waals surface area contributed by atoms with Crippen molar-refractivity contribution in [3.8, 4) is 5.75 Å². The largest absolute Gasteiger partial charge is 0.492 e. The van der Waals surface area contributed by atoms with Crippen molar-refractivity contribution in [2.24, 2.45) is 0 Å². The van der Waals surface area contributed by atoms with E-state index in [1.54, 1.807) is 6.20 Å². The van der Waals surface area contributed by atoms with Crippen LogP contribution in [-0.4, -0.2) is 29.7 Å². The van der Waals surface area contributed by atoms with Gasteiger partial charge in [-0.3, -0.25) is 0 Å². The lowest BCUT2D eigenvalue weighted by molar-refractivity contribution is 0.342. The molecule has 2 heterocycles. The lowest BCUT2D eigenvalue weighted by Crippen LogP contribution is -2.19. The Kier molecular flexibility index (Phi) is 4.19. The molecular weight excluding hydrogens is 264 g/mol. The molecule has 5 heteroatoms. The fourth-order valence-electron chi connectivity index (χ4n) is 2.50. The van der Waals surface area contributed by atoms with Gasteiger partial charge < -0.3 is 15.0 Å². The minimum atomic E-state index is 0.603. The van der Waals surface area contributed by atoms with Gasteiger partial charge in [-0.2, -0.15) is 4.98 Å². The Bertz CT molecular complexity index is 596. The maximum Gasteiger partial charge on any atom is 0.229 e. The van der Waals surface area contributed by atoms with E-state index in [0.717, 1.165) is 30.3 Å². The SMILES string of the molecule is CCOc1ccccc1Nc1nccc(N2CCCC2)n1. The Morgan fingerprint density at radius 3 is 2.81 bits per heavy atom. The van der Waals surface area contributed by atoms with Crippen LogP contribution in [-0.2, 0) is 0 Å². The lowest BCUT2D eigenvalue weighted by Gasteiger charge is -2.17. The van der Waals surface area contributed by atoms with Gasteiger partial charge in [0.25, 0.3) is 0 Å². The number of rotatable bonds is 5. The Morgan fingerprint density at radius 1 is 1.19 bits per heavy atom. The monoisotopic (exact) mass is 284 g/mol. The Labute approximate surface area is 125 Å². The molecule has 1 aromatic heterocycles. The minimum absolute atomic E-state index is 0.603. The Morgan fingerprint density at radius 2 is 2.00 bits per heavy atom. The topological polar surface area (TPSA) is 50.3 Å². The van der Waals surface area contributed by atoms with Crippen molar-refractivity contribution in [2.45, 2.75) is 19.8 Å². The van der Waals surface area contributed by atoms with Crippen LogP contribution in [0.4, 0.5) is 17.5 Å². The summed E-state index contributed by atoms with van der Waals surface area (Å²) in [6.07, 6.45) is 4.27. The normalized spacial score (nSPS) is 14.2. The van der Waals surface area contributed by atoms with Crippen molar-refractivity contribution in [2.75, 3.05) is 29.9 Å². The van der Waals surface area contributed by atoms with E-state index in [1.165, 1.54) is 12.8 Å². The number of nitrogens with zero attached hydrogens (tertiary/aromatic N) is 3. The van der Waals surface area contributed by atoms with E-state index in [2.05, 4.69) is 20.2 Å². The average Bonchev–Trinajstić information content (AvgIpc) is 3.04. The zero-order valence-corrected chi connectivity index (χ0v) is 12.2. The lowest BCUT2D eigenvalue weighted by atomic mass is 10.3. The molecule has 1 aromatic carbocycles. The molecule has 21 heavy (non-hydrogen) atoms. The quantitative estimate of drug-likeness (QED) is 0.913. The molecule has 1 fully saturated rings. The molecular formula is C16H20N4O. The summed E-state index contributed by atoms with van der Waals surface area (Å²) in [6, 6.07) is 9.80. The molecule has 0 spiro atoms. The van der Waals surface area contributed by atoms with E-state index in [9.17, 15) is 0 Å². The maximum absolute atomic E-state index is 5.61. The first-order valence-corrected chi connectivity index (χ1v) is 7.43. The molecule has 3 rings (SSSR count). The molecule has 1 aliphatic rings. The van der Waals surface area contributed by atoms with Crippen LogP contribution in [0.5, 0.6) is 5.75 Å². The van der Waals surface area contributed by atoms with Crippen LogP contribution in [0, 0.1) is 0 Å². The number of nitrogens with one attached hydrogen (secondary N) is 1. The van der Waals surface area contributed by atoms with Gasteiger partial charge in [0.15, 0.2) is 0 Å². The average molecular weight is 284 g/mol. The van der Waals surface area contributed by atoms with Crippen molar-refractivity contribution in [1.29, 1.82) is 0 Å². The zero-order chi connectivity index (χ0) is 14.5. The second-order valence-electron chi connectivity index (χ2n) is 4.99. The molecule has 1 saturated heterocycles. The van der Waals surface area contributed by atoms with Crippen molar-refractivity contribution in [3.05, 3.63) is 36.5 Å². The first-order valence-electron chi connectivity index (χ1n) is 7.43. The number of para-hydroxylation sites is 2. The van der Waals surface area contributed by atoms with Gasteiger partial charge in [-0.15, -0.1) is 0 Å². The number of hydrogen-bond acceptors (Lipinski definition) is 5. The Balaban J connectivity index is 1.80. The summed E-state index contributed by atoms with van der Waals surface area (Å²) in [7, 11) is 0. The number of ether oxygens (including phenoxy) is 1. The highest BCUT2D eigenvalue weighted by molar-refractivity contribution is 5.63. The molecule has 0 atom stereocenters. The number of hydrogen-bond donors (Lipinski definition) is 1. The van der Waals surface area contributed by atoms with E-state index in [-0.39, 0.29) is 0 Å². The highest BCUT2D eigenvalue weighted by Gasteiger charge is 2.14. The molecule has 1 aliphatic heterocycles. The summed E-state index contributed by atoms with van der Waals surface area (Å²) in [4.78, 5) is 11.2. The third kappa shape index (κ3) is 3.24. The summed E-state index contributed by atoms with van der Waals surface area (Å²) in [5, 5.41) is 3.25. The molecule has 0 unspecified atom stereocenters. The first-order chi connectivity index (χ1) is 10.4. The van der Waals surface area contributed by atoms with Crippen LogP contribution < -0.4 is 15.0 Å². The van der Waals surface area contributed by atoms with Crippen LogP contribution in [0.15, 0.2) is 36.5 Å². The van der Waals surface area contributed by atoms with Crippen molar-refractivity contribution in [1.82, 2.24) is 9.97 Å². The highest BCUT2D eigenvalue weighted by atomic mass is 16.5. The summed E-state index contributed by atoms with van der Waals surface area (Å²) in [5.74, 6) is 2.40. The van der Waals surface area contributed by atoms with Crippen molar-refractivity contribution < 1.29 is 4.74 Å². The van der Waals surface area contributed by atoms with Gasteiger partial charge in [0, 0.05) is 19.3 Å². The zero-order valence-electron chi connectivity index (χ0n) is 12.2. The van der Waals surface area contributed by atoms with E-state index < -0.39 is 0 Å². The summed E-state index contributed by atoms with van der Waals surface area (Å²) < 4.78 is 5.61. The van der Waals surface area contributed by atoms with E-state index >= 15 is 0 Å². The smallest absolute Gasteiger partial charge is 0.229 e. The van der Waals surface area contributed by atoms with Gasteiger partial charge in [-0.25, -0.2) is 4.98 Å². The van der Waals surface area contributed by atoms with Crippen molar-refractivity contribution >= 4 is 17.5 Å². The molecule has 110 valence electrons. The molecule has 0 saturated carbocycles. The number of anilines is 3. The summed E-state index contributed by atoms with van der Waals surface area (Å²) in [5.41, 5.74) is 0.887. The summed E-state index contributed by atoms with van der Waals surface area (Å²) >= 11 is 0. The maximum atomic E-state index is 5.61. The van der Waals surface area contributed by atoms with Crippen LogP contribution >= 0.6 is 0 Å². The Hall–Kier alpha value is -2.30. The molecule has 2 aromatic rings. The predicted octanol–water partition coefficient (Wildman–Crippen LogP) is 3.22. The molecule has 0 radical (unpaired) electrons. The molecule has 0 bridgehead atoms. The van der Waals surface area contributed by atoms with Gasteiger partial charge in [0.1, 0.15) is 11.6 Å². The summed E-state index contributed by atoms with van der Waals surface area (Å²) in [6.45, 7) is 4.76. The van der Waals surface area contributed by atoms with E-state index in [4.69, 9.17) is 4.74 Å². The fourth-order valence-corrected chi connectivity index (χ4v) is 2.50. The first kappa shape index (κ1) is 13.7. The van der Waals surface area contributed by atoms with Gasteiger partial charge >= 0.3 is 0 Å². The highest BCUT2D eigenvalue weighted by Crippen LogP contribution is 2.27. The predicted molar refractivity (Wildman–Crippen MR) is 84.4 cm³/mol. The van der Waals surface area contributed by atoms with Gasteiger partial charge in [0.05, 0.1) is 12.3 Å². The third-order valence-electron chi connectivity index (χ3n) is 3.50. The van der Waals surface area contributed by atoms with Crippen LogP contribution in [0.1, 0.15) is 19.8 Å². The third-order valence-corrected chi connectivity index (χ3v) is 3.50. The van der Waals surface area contributed by atoms with E-state index in [0.29, 0.717) is 12.6 Å². The number of aromatic nitrogens is 2. The standard InChI is InChI=1S/C16H20N4O/c1-2-21-14-8-4-3-7-13(14)18-16-17-10-9-15(19-16)20-11-5-6-12-20/h3-4,7-10H,2,5-6,11-12H2,1H3,(H,17,18,19). The van der Waals surface area contributed by atoms with Crippen LogP contribution in [0.3, 0.4) is 0 Å². The molecule has 0 amide bonds. The van der Waals surface area contributed by atoms with Crippen LogP contribution in [0.2, 0.25) is 0 Å². The molecule has 0 aliphatic carbocycles. The van der Waals surface area contributed by atoms with Crippen molar-refractivity contribution in [3.63, 3.8) is 0 Å². The minimum Gasteiger partial charge on any atom is -0.492 e. The second kappa shape index (κ2) is 6.43. The molecule has 1 N–H and O–H groups in total. The van der Waals surface area contributed by atoms with Gasteiger partial charge in [0.2, 0.25) is 5.95 Å². The molecule has 5 nitrogen and oxygen atoms in total. The fraction of sp³-hybridized carbons (Fsp3) is 0.375. The second-order valence-corrected chi connectivity index (χ2v) is 4.99. The van der Waals surface area contributed by atoms with E-state index in [1.807, 2.05) is 37.3 Å². The van der Waals surface area contributed by atoms with Gasteiger partial charge in [-0.05, 0) is 38.0 Å². The number of benzene rings is 1. The van der Waals surface area contributed by atoms with Crippen LogP contribution in [0.25, 0.3) is 0 Å². The van der Waals surface area contributed by atoms with Gasteiger partial charge in [-0.1, -0.05) is 12.1 Å².